The van der Waals surface area contributed by atoms with Crippen molar-refractivity contribution < 1.29 is 13.2 Å². The highest BCUT2D eigenvalue weighted by molar-refractivity contribution is 7.16. The molecule has 1 aliphatic rings. The van der Waals surface area contributed by atoms with Gasteiger partial charge in [0.1, 0.15) is 5.70 Å². The molecule has 3 nitrogen and oxygen atoms in total. The molecule has 0 fully saturated rings. The van der Waals surface area contributed by atoms with E-state index in [1.165, 1.54) is 16.7 Å². The lowest BCUT2D eigenvalue weighted by molar-refractivity contribution is -0.0918. The van der Waals surface area contributed by atoms with Gasteiger partial charge in [-0.1, -0.05) is 75.9 Å². The molecule has 8 heteroatoms. The molecule has 0 saturated carbocycles. The minimum Gasteiger partial charge on any atom is -0.394 e. The maximum atomic E-state index is 12.6. The Kier molecular flexibility index (Phi) is 12.8. The zero-order chi connectivity index (χ0) is 25.7. The smallest absolute Gasteiger partial charge is 0.394 e. The van der Waals surface area contributed by atoms with Crippen LogP contribution in [0.1, 0.15) is 43.2 Å². The van der Waals surface area contributed by atoms with Crippen LogP contribution < -0.4 is 5.73 Å². The van der Waals surface area contributed by atoms with Crippen LogP contribution in [0.3, 0.4) is 0 Å². The molecule has 2 heterocycles. The number of fused-ring (bicyclic) bond motifs is 1. The minimum absolute atomic E-state index is 0.0865. The first kappa shape index (κ1) is 29.5. The van der Waals surface area contributed by atoms with E-state index >= 15 is 0 Å². The number of nitrogens with two attached hydrogens (primary N) is 1. The van der Waals surface area contributed by atoms with E-state index in [0.29, 0.717) is 12.1 Å². The fraction of sp³-hybridized carbons (Fsp3) is 0.346. The Morgan fingerprint density at radius 3 is 2.47 bits per heavy atom. The highest BCUT2D eigenvalue weighted by atomic mass is 35.5. The van der Waals surface area contributed by atoms with Gasteiger partial charge in [-0.3, -0.25) is 4.99 Å². The number of nitrogens with zero attached hydrogens (tertiary/aromatic N) is 2. The standard InChI is InChI=1S/C13H15F3N2.C11H12ClNS.C2H6/c1-2-8-18-9-11(12(17)13(14,15)16)10-6-4-3-5-7-10;1-3-8(2)13-5-4-9-6-11(12)14-10(9)7-13;1-2/h3-7,9H,2,8,17H2,1H3;3,6H,1-2,4-5,7H2;1-2H3/b12-11+,18-9?;;. The van der Waals surface area contributed by atoms with Gasteiger partial charge in [0.15, 0.2) is 0 Å². The molecule has 3 rings (SSSR count). The van der Waals surface area contributed by atoms with E-state index in [0.717, 1.165) is 36.0 Å². The summed E-state index contributed by atoms with van der Waals surface area (Å²) in [5.74, 6) is 0. The van der Waals surface area contributed by atoms with Crippen molar-refractivity contribution in [3.63, 3.8) is 0 Å². The van der Waals surface area contributed by atoms with E-state index in [-0.39, 0.29) is 5.57 Å². The summed E-state index contributed by atoms with van der Waals surface area (Å²) in [5, 5.41) is 0. The van der Waals surface area contributed by atoms with Gasteiger partial charge in [-0.2, -0.15) is 13.2 Å². The molecule has 2 aromatic rings. The van der Waals surface area contributed by atoms with Gasteiger partial charge in [0.25, 0.3) is 0 Å². The normalized spacial score (nSPS) is 13.7. The first-order valence-electron chi connectivity index (χ1n) is 11.1. The summed E-state index contributed by atoms with van der Waals surface area (Å²) in [6, 6.07) is 10.3. The van der Waals surface area contributed by atoms with Crippen LogP contribution in [0, 0.1) is 0 Å². The predicted molar refractivity (Wildman–Crippen MR) is 141 cm³/mol. The number of halogens is 4. The van der Waals surface area contributed by atoms with Crippen LogP contribution in [-0.4, -0.2) is 30.4 Å². The second kappa shape index (κ2) is 14.7. The molecule has 1 aromatic heterocycles. The van der Waals surface area contributed by atoms with Crippen LogP contribution in [0.5, 0.6) is 0 Å². The molecule has 0 amide bonds. The van der Waals surface area contributed by atoms with E-state index < -0.39 is 11.9 Å². The average molecular weight is 512 g/mol. The molecule has 1 aliphatic heterocycles. The van der Waals surface area contributed by atoms with Crippen molar-refractivity contribution >= 4 is 34.7 Å². The number of allylic oxidation sites excluding steroid dienone is 3. The Bertz CT molecular complexity index is 979. The van der Waals surface area contributed by atoms with Gasteiger partial charge in [-0.25, -0.2) is 0 Å². The summed E-state index contributed by atoms with van der Waals surface area (Å²) < 4.78 is 38.8. The summed E-state index contributed by atoms with van der Waals surface area (Å²) in [6.07, 6.45) is 0.279. The Hall–Kier alpha value is -2.51. The number of benzene rings is 1. The molecule has 1 aromatic carbocycles. The Morgan fingerprint density at radius 2 is 1.91 bits per heavy atom. The van der Waals surface area contributed by atoms with Gasteiger partial charge >= 0.3 is 6.18 Å². The second-order valence-electron chi connectivity index (χ2n) is 7.09. The molecule has 0 spiro atoms. The fourth-order valence-corrected chi connectivity index (χ4v) is 4.37. The zero-order valence-corrected chi connectivity index (χ0v) is 21.5. The number of rotatable bonds is 6. The molecule has 0 radical (unpaired) electrons. The third-order valence-corrected chi connectivity index (χ3v) is 6.04. The van der Waals surface area contributed by atoms with Gasteiger partial charge in [0.2, 0.25) is 0 Å². The molecular weight excluding hydrogens is 479 g/mol. The summed E-state index contributed by atoms with van der Waals surface area (Å²) in [6.45, 7) is 16.0. The first-order chi connectivity index (χ1) is 16.2. The van der Waals surface area contributed by atoms with Crippen LogP contribution in [0.2, 0.25) is 4.34 Å². The Balaban J connectivity index is 0.000000324. The quantitative estimate of drug-likeness (QED) is 0.316. The third kappa shape index (κ3) is 9.03. The minimum atomic E-state index is -4.55. The van der Waals surface area contributed by atoms with Gasteiger partial charge in [-0.15, -0.1) is 11.3 Å². The molecule has 0 atom stereocenters. The van der Waals surface area contributed by atoms with E-state index in [9.17, 15) is 13.2 Å². The van der Waals surface area contributed by atoms with Gasteiger partial charge in [0.05, 0.1) is 10.9 Å². The van der Waals surface area contributed by atoms with Crippen molar-refractivity contribution in [2.24, 2.45) is 10.7 Å². The summed E-state index contributed by atoms with van der Waals surface area (Å²) >= 11 is 7.64. The topological polar surface area (TPSA) is 41.6 Å². The van der Waals surface area contributed by atoms with Gasteiger partial charge < -0.3 is 10.6 Å². The van der Waals surface area contributed by atoms with E-state index in [2.05, 4.69) is 29.1 Å². The number of hydrogen-bond donors (Lipinski definition) is 1. The fourth-order valence-electron chi connectivity index (χ4n) is 3.01. The van der Waals surface area contributed by atoms with Crippen molar-refractivity contribution in [3.8, 4) is 0 Å². The second-order valence-corrected chi connectivity index (χ2v) is 8.86. The van der Waals surface area contributed by atoms with Crippen LogP contribution in [-0.2, 0) is 13.0 Å². The lowest BCUT2D eigenvalue weighted by atomic mass is 10.0. The highest BCUT2D eigenvalue weighted by Gasteiger charge is 2.34. The van der Waals surface area contributed by atoms with Crippen molar-refractivity contribution in [1.82, 2.24) is 4.90 Å². The first-order valence-corrected chi connectivity index (χ1v) is 12.3. The third-order valence-electron chi connectivity index (χ3n) is 4.75. The van der Waals surface area contributed by atoms with E-state index in [1.54, 1.807) is 47.7 Å². The zero-order valence-electron chi connectivity index (χ0n) is 20.0. The van der Waals surface area contributed by atoms with Crippen molar-refractivity contribution in [1.29, 1.82) is 0 Å². The van der Waals surface area contributed by atoms with Crippen molar-refractivity contribution in [3.05, 3.63) is 87.4 Å². The Morgan fingerprint density at radius 1 is 1.26 bits per heavy atom. The lowest BCUT2D eigenvalue weighted by Gasteiger charge is -2.28. The highest BCUT2D eigenvalue weighted by Crippen LogP contribution is 2.32. The number of hydrogen-bond acceptors (Lipinski definition) is 4. The molecule has 0 bridgehead atoms. The summed E-state index contributed by atoms with van der Waals surface area (Å²) in [7, 11) is 0. The maximum Gasteiger partial charge on any atom is 0.431 e. The van der Waals surface area contributed by atoms with E-state index in [4.69, 9.17) is 17.3 Å². The maximum absolute atomic E-state index is 12.6. The van der Waals surface area contributed by atoms with Crippen LogP contribution in [0.25, 0.3) is 5.57 Å². The summed E-state index contributed by atoms with van der Waals surface area (Å²) in [5.41, 5.74) is 6.77. The van der Waals surface area contributed by atoms with Crippen molar-refractivity contribution in [2.75, 3.05) is 13.1 Å². The summed E-state index contributed by atoms with van der Waals surface area (Å²) in [4.78, 5) is 7.54. The predicted octanol–water partition coefficient (Wildman–Crippen LogP) is 7.89. The molecule has 0 unspecified atom stereocenters. The average Bonchev–Trinajstić information content (AvgIpc) is 3.22. The van der Waals surface area contributed by atoms with Crippen LogP contribution >= 0.6 is 22.9 Å². The van der Waals surface area contributed by atoms with E-state index in [1.807, 2.05) is 20.8 Å². The largest absolute Gasteiger partial charge is 0.431 e. The van der Waals surface area contributed by atoms with Crippen LogP contribution in [0.4, 0.5) is 13.2 Å². The SMILES string of the molecule is C=CC(=C)N1CCc2cc(Cl)sc2C1.CC.CCCN=C/C(=C(\N)C(F)(F)F)c1ccccc1. The number of aliphatic imine (C=N–C) groups is 1. The molecular formula is C26H33ClF3N3S. The molecule has 0 saturated heterocycles. The van der Waals surface area contributed by atoms with Gasteiger partial charge in [-0.05, 0) is 36.1 Å². The van der Waals surface area contributed by atoms with Gasteiger partial charge in [0, 0.05) is 35.5 Å². The number of alkyl halides is 3. The molecule has 186 valence electrons. The van der Waals surface area contributed by atoms with Crippen molar-refractivity contribution in [2.45, 2.75) is 46.3 Å². The monoisotopic (exact) mass is 511 g/mol. The van der Waals surface area contributed by atoms with Crippen LogP contribution in [0.15, 0.2) is 72.0 Å². The molecule has 2 N–H and O–H groups in total. The lowest BCUT2D eigenvalue weighted by Crippen LogP contribution is -2.27. The molecule has 0 aliphatic carbocycles. The molecule has 34 heavy (non-hydrogen) atoms. The Labute approximate surface area is 210 Å². The number of thiophene rings is 1.